The molecule has 124 valence electrons. The average molecular weight is 307 g/mol. The van der Waals surface area contributed by atoms with Crippen LogP contribution in [-0.2, 0) is 17.9 Å². The van der Waals surface area contributed by atoms with E-state index in [9.17, 15) is 5.11 Å². The second kappa shape index (κ2) is 9.13. The van der Waals surface area contributed by atoms with Gasteiger partial charge in [0.05, 0.1) is 13.2 Å². The van der Waals surface area contributed by atoms with E-state index >= 15 is 0 Å². The van der Waals surface area contributed by atoms with Crippen LogP contribution in [-0.4, -0.2) is 42.9 Å². The van der Waals surface area contributed by atoms with E-state index in [4.69, 9.17) is 9.47 Å². The summed E-state index contributed by atoms with van der Waals surface area (Å²) in [4.78, 5) is 2.55. The summed E-state index contributed by atoms with van der Waals surface area (Å²) in [7, 11) is 1.77. The smallest absolute Gasteiger partial charge is 0.124 e. The van der Waals surface area contributed by atoms with Crippen molar-refractivity contribution in [2.75, 3.05) is 26.9 Å². The Balaban J connectivity index is 2.04. The van der Waals surface area contributed by atoms with Gasteiger partial charge in [-0.05, 0) is 50.4 Å². The molecule has 0 spiro atoms. The zero-order valence-corrected chi connectivity index (χ0v) is 13.9. The molecule has 0 radical (unpaired) electrons. The first-order valence-corrected chi connectivity index (χ1v) is 8.37. The SMILES string of the molecule is CCOc1ccc(CN2CCCC[C@@H]2CCOC)cc1CO. The maximum Gasteiger partial charge on any atom is 0.124 e. The molecule has 1 saturated heterocycles. The number of benzene rings is 1. The Bertz CT molecular complexity index is 450. The van der Waals surface area contributed by atoms with Crippen LogP contribution in [0.1, 0.15) is 43.7 Å². The summed E-state index contributed by atoms with van der Waals surface area (Å²) >= 11 is 0. The number of ether oxygens (including phenoxy) is 2. The Morgan fingerprint density at radius 2 is 2.18 bits per heavy atom. The van der Waals surface area contributed by atoms with Crippen LogP contribution < -0.4 is 4.74 Å². The molecule has 1 fully saturated rings. The molecule has 0 amide bonds. The van der Waals surface area contributed by atoms with Crippen molar-refractivity contribution >= 4 is 0 Å². The summed E-state index contributed by atoms with van der Waals surface area (Å²) in [6.45, 7) is 5.52. The van der Waals surface area contributed by atoms with Crippen LogP contribution in [0.2, 0.25) is 0 Å². The highest BCUT2D eigenvalue weighted by molar-refractivity contribution is 5.37. The molecule has 4 heteroatoms. The number of methoxy groups -OCH3 is 1. The summed E-state index contributed by atoms with van der Waals surface area (Å²) in [6.07, 6.45) is 4.94. The highest BCUT2D eigenvalue weighted by atomic mass is 16.5. The summed E-state index contributed by atoms with van der Waals surface area (Å²) < 4.78 is 10.8. The standard InChI is InChI=1S/C18H29NO3/c1-3-22-18-8-7-15(12-16(18)14-20)13-19-10-5-4-6-17(19)9-11-21-2/h7-8,12,17,20H,3-6,9-11,13-14H2,1-2H3/t17-/m1/s1. The lowest BCUT2D eigenvalue weighted by atomic mass is 9.98. The predicted octanol–water partition coefficient (Wildman–Crippen LogP) is 2.97. The van der Waals surface area contributed by atoms with E-state index in [2.05, 4.69) is 17.0 Å². The normalized spacial score (nSPS) is 19.3. The van der Waals surface area contributed by atoms with Crippen LogP contribution in [0.3, 0.4) is 0 Å². The first-order valence-electron chi connectivity index (χ1n) is 8.37. The molecule has 2 rings (SSSR count). The fraction of sp³-hybridized carbons (Fsp3) is 0.667. The third-order valence-electron chi connectivity index (χ3n) is 4.39. The number of nitrogens with zero attached hydrogens (tertiary/aromatic N) is 1. The van der Waals surface area contributed by atoms with Gasteiger partial charge in [-0.1, -0.05) is 12.5 Å². The molecule has 1 aliphatic heterocycles. The van der Waals surface area contributed by atoms with Crippen molar-refractivity contribution in [1.82, 2.24) is 4.90 Å². The second-order valence-electron chi connectivity index (χ2n) is 5.93. The van der Waals surface area contributed by atoms with Gasteiger partial charge < -0.3 is 14.6 Å². The van der Waals surface area contributed by atoms with E-state index in [1.807, 2.05) is 13.0 Å². The lowest BCUT2D eigenvalue weighted by molar-refractivity contribution is 0.0973. The van der Waals surface area contributed by atoms with Gasteiger partial charge in [0.15, 0.2) is 0 Å². The summed E-state index contributed by atoms with van der Waals surface area (Å²) in [6, 6.07) is 6.79. The zero-order chi connectivity index (χ0) is 15.8. The molecule has 0 unspecified atom stereocenters. The van der Waals surface area contributed by atoms with Gasteiger partial charge in [-0.25, -0.2) is 0 Å². The van der Waals surface area contributed by atoms with Crippen molar-refractivity contribution in [3.05, 3.63) is 29.3 Å². The fourth-order valence-electron chi connectivity index (χ4n) is 3.23. The van der Waals surface area contributed by atoms with Crippen molar-refractivity contribution in [2.45, 2.75) is 51.8 Å². The number of aliphatic hydroxyl groups excluding tert-OH is 1. The molecule has 1 aromatic carbocycles. The van der Waals surface area contributed by atoms with Gasteiger partial charge in [0.25, 0.3) is 0 Å². The van der Waals surface area contributed by atoms with Gasteiger partial charge in [0.2, 0.25) is 0 Å². The van der Waals surface area contributed by atoms with Crippen molar-refractivity contribution in [3.63, 3.8) is 0 Å². The van der Waals surface area contributed by atoms with Crippen LogP contribution in [0.15, 0.2) is 18.2 Å². The Morgan fingerprint density at radius 1 is 1.32 bits per heavy atom. The van der Waals surface area contributed by atoms with Crippen LogP contribution in [0.4, 0.5) is 0 Å². The largest absolute Gasteiger partial charge is 0.494 e. The van der Waals surface area contributed by atoms with Crippen molar-refractivity contribution in [3.8, 4) is 5.75 Å². The van der Waals surface area contributed by atoms with Gasteiger partial charge >= 0.3 is 0 Å². The minimum Gasteiger partial charge on any atom is -0.494 e. The Hall–Kier alpha value is -1.10. The number of hydrogen-bond donors (Lipinski definition) is 1. The molecule has 0 aromatic heterocycles. The number of likely N-dealkylation sites (tertiary alicyclic amines) is 1. The van der Waals surface area contributed by atoms with Crippen molar-refractivity contribution < 1.29 is 14.6 Å². The summed E-state index contributed by atoms with van der Waals surface area (Å²) in [5.41, 5.74) is 2.13. The molecule has 1 heterocycles. The van der Waals surface area contributed by atoms with E-state index in [0.717, 1.165) is 37.4 Å². The van der Waals surface area contributed by atoms with E-state index in [-0.39, 0.29) is 6.61 Å². The third kappa shape index (κ3) is 4.70. The maximum atomic E-state index is 9.53. The average Bonchev–Trinajstić information content (AvgIpc) is 2.55. The quantitative estimate of drug-likeness (QED) is 0.802. The van der Waals surface area contributed by atoms with Crippen LogP contribution >= 0.6 is 0 Å². The molecule has 4 nitrogen and oxygen atoms in total. The highest BCUT2D eigenvalue weighted by Crippen LogP contribution is 2.25. The van der Waals surface area contributed by atoms with Crippen LogP contribution in [0.5, 0.6) is 5.75 Å². The maximum absolute atomic E-state index is 9.53. The molecule has 1 atom stereocenters. The topological polar surface area (TPSA) is 41.9 Å². The van der Waals surface area contributed by atoms with Crippen LogP contribution in [0, 0.1) is 0 Å². The Kier molecular flexibility index (Phi) is 7.16. The Morgan fingerprint density at radius 3 is 2.91 bits per heavy atom. The highest BCUT2D eigenvalue weighted by Gasteiger charge is 2.22. The summed E-state index contributed by atoms with van der Waals surface area (Å²) in [5, 5.41) is 9.53. The predicted molar refractivity (Wildman–Crippen MR) is 88.1 cm³/mol. The minimum absolute atomic E-state index is 0.0241. The van der Waals surface area contributed by atoms with E-state index in [1.54, 1.807) is 7.11 Å². The molecular formula is C18H29NO3. The molecule has 0 bridgehead atoms. The number of piperidine rings is 1. The van der Waals surface area contributed by atoms with Crippen molar-refractivity contribution in [2.24, 2.45) is 0 Å². The van der Waals surface area contributed by atoms with E-state index < -0.39 is 0 Å². The van der Waals surface area contributed by atoms with Gasteiger partial charge in [-0.3, -0.25) is 4.90 Å². The number of rotatable bonds is 8. The lowest BCUT2D eigenvalue weighted by Gasteiger charge is -2.35. The number of hydrogen-bond acceptors (Lipinski definition) is 4. The molecular weight excluding hydrogens is 278 g/mol. The molecule has 1 aromatic rings. The van der Waals surface area contributed by atoms with Gasteiger partial charge in [-0.15, -0.1) is 0 Å². The van der Waals surface area contributed by atoms with Gasteiger partial charge in [0.1, 0.15) is 5.75 Å². The molecule has 1 aliphatic rings. The fourth-order valence-corrected chi connectivity index (χ4v) is 3.23. The second-order valence-corrected chi connectivity index (χ2v) is 5.93. The van der Waals surface area contributed by atoms with Crippen molar-refractivity contribution in [1.29, 1.82) is 0 Å². The van der Waals surface area contributed by atoms with Gasteiger partial charge in [0, 0.05) is 31.9 Å². The van der Waals surface area contributed by atoms with E-state index in [0.29, 0.717) is 12.6 Å². The number of aliphatic hydroxyl groups is 1. The molecule has 0 aliphatic carbocycles. The van der Waals surface area contributed by atoms with Crippen LogP contribution in [0.25, 0.3) is 0 Å². The molecule has 1 N–H and O–H groups in total. The van der Waals surface area contributed by atoms with E-state index in [1.165, 1.54) is 24.8 Å². The summed E-state index contributed by atoms with van der Waals surface area (Å²) in [5.74, 6) is 0.795. The lowest BCUT2D eigenvalue weighted by Crippen LogP contribution is -2.39. The first-order chi connectivity index (χ1) is 10.8. The first kappa shape index (κ1) is 17.3. The Labute approximate surface area is 134 Å². The molecule has 0 saturated carbocycles. The third-order valence-corrected chi connectivity index (χ3v) is 4.39. The van der Waals surface area contributed by atoms with Gasteiger partial charge in [-0.2, -0.15) is 0 Å². The minimum atomic E-state index is 0.0241. The monoisotopic (exact) mass is 307 g/mol. The molecule has 22 heavy (non-hydrogen) atoms. The zero-order valence-electron chi connectivity index (χ0n) is 13.9.